The zero-order chi connectivity index (χ0) is 22.2. The molecule has 5 rings (SSSR count). The maximum absolute atomic E-state index is 14.4. The van der Waals surface area contributed by atoms with E-state index in [-0.39, 0.29) is 36.8 Å². The van der Waals surface area contributed by atoms with Gasteiger partial charge in [-0.25, -0.2) is 0 Å². The van der Waals surface area contributed by atoms with E-state index in [1.807, 2.05) is 6.07 Å². The molecule has 9 heteroatoms. The van der Waals surface area contributed by atoms with Gasteiger partial charge in [-0.3, -0.25) is 0 Å². The summed E-state index contributed by atoms with van der Waals surface area (Å²) in [5.74, 6) is 0.0366. The number of nitrogens with zero attached hydrogens (tertiary/aromatic N) is 1. The molecule has 0 aliphatic carbocycles. The average Bonchev–Trinajstić information content (AvgIpc) is 3.16. The van der Waals surface area contributed by atoms with Crippen LogP contribution < -0.4 is 41.9 Å². The van der Waals surface area contributed by atoms with Crippen molar-refractivity contribution in [3.63, 3.8) is 0 Å². The number of methoxy groups -OCH3 is 1. The van der Waals surface area contributed by atoms with E-state index in [1.54, 1.807) is 24.5 Å². The van der Waals surface area contributed by atoms with Crippen molar-refractivity contribution < 1.29 is 35.1 Å². The molecule has 0 fully saturated rings. The monoisotopic (exact) mass is 548 g/mol. The Morgan fingerprint density at radius 2 is 2.12 bits per heavy atom. The summed E-state index contributed by atoms with van der Waals surface area (Å²) >= 11 is -0.196. The first-order valence-corrected chi connectivity index (χ1v) is 13.2. The molecule has 4 N–H and O–H groups in total. The Bertz CT molecular complexity index is 1180. The molecule has 1 aromatic carbocycles. The van der Waals surface area contributed by atoms with Crippen LogP contribution >= 0.6 is 0 Å². The number of halogens is 2. The Hall–Kier alpha value is -2.82. The number of para-hydroxylation sites is 1. The zero-order valence-corrected chi connectivity index (χ0v) is 19.9. The van der Waals surface area contributed by atoms with Crippen molar-refractivity contribution in [1.29, 1.82) is 0 Å². The van der Waals surface area contributed by atoms with E-state index in [0.717, 1.165) is 33.6 Å². The molecule has 0 saturated heterocycles. The normalized spacial score (nSPS) is 20.0. The van der Waals surface area contributed by atoms with Crippen molar-refractivity contribution in [1.82, 2.24) is 15.3 Å². The minimum atomic E-state index is -0.466. The van der Waals surface area contributed by atoms with Gasteiger partial charge in [0.25, 0.3) is 0 Å². The first-order valence-electron chi connectivity index (χ1n) is 10.5. The predicted molar refractivity (Wildman–Crippen MR) is 118 cm³/mol. The van der Waals surface area contributed by atoms with Crippen molar-refractivity contribution in [2.45, 2.75) is 10.8 Å². The van der Waals surface area contributed by atoms with E-state index in [0.29, 0.717) is 29.4 Å². The zero-order valence-electron chi connectivity index (χ0n) is 17.8. The number of carbonyl (C=O) groups is 1. The molecule has 2 aliphatic heterocycles. The molecule has 3 aromatic rings. The van der Waals surface area contributed by atoms with E-state index in [2.05, 4.69) is 32.8 Å². The average molecular weight is 548 g/mol. The van der Waals surface area contributed by atoms with Crippen LogP contribution in [0.2, 0.25) is 0 Å². The number of fused-ring (bicyclic) bond motifs is 3. The molecule has 168 valence electrons. The number of alkyl halides is 2. The molecule has 1 amide bonds. The van der Waals surface area contributed by atoms with Gasteiger partial charge in [0.05, 0.1) is 0 Å². The van der Waals surface area contributed by atoms with Gasteiger partial charge in [-0.2, -0.15) is 0 Å². The number of ether oxygens (including phenoxy) is 1. The van der Waals surface area contributed by atoms with Crippen LogP contribution in [0.5, 0.6) is 5.75 Å². The van der Waals surface area contributed by atoms with Gasteiger partial charge in [0.2, 0.25) is 0 Å². The number of hydrogen-bond donors (Lipinski definition) is 4. The second-order valence-electron chi connectivity index (χ2n) is 8.00. The topological polar surface area (TPSA) is 91.1 Å². The van der Waals surface area contributed by atoms with Gasteiger partial charge in [0.1, 0.15) is 0 Å². The fourth-order valence-electron chi connectivity index (χ4n) is 4.12. The summed E-state index contributed by atoms with van der Waals surface area (Å²) in [5, 5.41) is 9.92. The second kappa shape index (κ2) is 8.61. The van der Waals surface area contributed by atoms with E-state index >= 15 is 0 Å². The van der Waals surface area contributed by atoms with Crippen LogP contribution in [0.3, 0.4) is 0 Å². The molecular formula is C23H24FIN5O2-. The standard InChI is InChI=1S/C23H24FIN5O2/c1-12-8-25-15-10-28-23(31)18-20(15)30-19(13-6-7-26-11-17(13)27-9-12)21(18)29-16-5-3-4-14(24)22(16)32-2/h3-7,11-12,15,27,29-30H,8-10H2,1-2H3,(H,28,31)/q-1/t12?,15-/m1/s1. The number of benzene rings is 1. The van der Waals surface area contributed by atoms with Gasteiger partial charge >= 0.3 is 196 Å². The summed E-state index contributed by atoms with van der Waals surface area (Å²) in [4.78, 5) is 20.9. The van der Waals surface area contributed by atoms with Crippen LogP contribution in [0.25, 0.3) is 11.3 Å². The summed E-state index contributed by atoms with van der Waals surface area (Å²) in [6.07, 6.45) is 3.54. The third-order valence-electron chi connectivity index (χ3n) is 5.71. The number of amides is 1. The molecule has 2 bridgehead atoms. The maximum atomic E-state index is 14.4. The molecular weight excluding hydrogens is 524 g/mol. The predicted octanol–water partition coefficient (Wildman–Crippen LogP) is 0.903. The Balaban J connectivity index is 1.73. The number of carbonyl (C=O) groups excluding carboxylic acids is 1. The Morgan fingerprint density at radius 1 is 1.25 bits per heavy atom. The molecule has 2 aliphatic rings. The van der Waals surface area contributed by atoms with Crippen molar-refractivity contribution >= 4 is 23.0 Å². The number of aromatic amines is 1. The fourth-order valence-corrected chi connectivity index (χ4v) is 7.36. The van der Waals surface area contributed by atoms with Crippen LogP contribution in [0.4, 0.5) is 21.5 Å². The molecule has 0 spiro atoms. The molecule has 32 heavy (non-hydrogen) atoms. The number of pyridine rings is 1. The third-order valence-corrected chi connectivity index (χ3v) is 9.85. The van der Waals surface area contributed by atoms with E-state index in [4.69, 9.17) is 4.74 Å². The SMILES string of the molecule is COc1c(F)cccc1Nc1c2[nH]c3c1C(=O)NC[C@H]3[I-]CC(C)CNc1cnccc1-2. The number of anilines is 3. The molecule has 2 atom stereocenters. The molecule has 2 aromatic heterocycles. The van der Waals surface area contributed by atoms with E-state index in [9.17, 15) is 9.18 Å². The van der Waals surface area contributed by atoms with E-state index in [1.165, 1.54) is 13.2 Å². The van der Waals surface area contributed by atoms with Crippen LogP contribution in [0.15, 0.2) is 36.7 Å². The summed E-state index contributed by atoms with van der Waals surface area (Å²) in [6, 6.07) is 6.64. The molecule has 1 unspecified atom stereocenters. The number of aromatic nitrogens is 2. The summed E-state index contributed by atoms with van der Waals surface area (Å²) in [6.45, 7) is 3.76. The summed E-state index contributed by atoms with van der Waals surface area (Å²) in [5.41, 5.74) is 5.23. The molecule has 0 saturated carbocycles. The fraction of sp³-hybridized carbons (Fsp3) is 0.304. The van der Waals surface area contributed by atoms with Gasteiger partial charge in [0, 0.05) is 0 Å². The van der Waals surface area contributed by atoms with Gasteiger partial charge in [-0.15, -0.1) is 0 Å². The van der Waals surface area contributed by atoms with Gasteiger partial charge < -0.3 is 0 Å². The first kappa shape index (κ1) is 21.0. The number of rotatable bonds is 3. The van der Waals surface area contributed by atoms with Crippen molar-refractivity contribution in [2.75, 3.05) is 35.3 Å². The van der Waals surface area contributed by atoms with Gasteiger partial charge in [-0.05, 0) is 0 Å². The number of nitrogens with one attached hydrogen (secondary N) is 4. The van der Waals surface area contributed by atoms with Gasteiger partial charge in [-0.1, -0.05) is 0 Å². The van der Waals surface area contributed by atoms with Crippen LogP contribution in [-0.4, -0.2) is 40.5 Å². The quantitative estimate of drug-likeness (QED) is 0.289. The second-order valence-corrected chi connectivity index (χ2v) is 11.3. The Labute approximate surface area is 195 Å². The van der Waals surface area contributed by atoms with Crippen LogP contribution in [0, 0.1) is 11.7 Å². The van der Waals surface area contributed by atoms with Crippen LogP contribution in [0.1, 0.15) is 26.9 Å². The van der Waals surface area contributed by atoms with Crippen LogP contribution in [-0.2, 0) is 0 Å². The molecule has 0 radical (unpaired) electrons. The van der Waals surface area contributed by atoms with Crippen molar-refractivity contribution in [3.05, 3.63) is 53.7 Å². The van der Waals surface area contributed by atoms with Gasteiger partial charge in [0.15, 0.2) is 0 Å². The third kappa shape index (κ3) is 3.68. The summed E-state index contributed by atoms with van der Waals surface area (Å²) in [7, 11) is 1.43. The number of H-pyrrole nitrogens is 1. The number of hydrogen-bond acceptors (Lipinski definition) is 5. The van der Waals surface area contributed by atoms with E-state index < -0.39 is 5.82 Å². The summed E-state index contributed by atoms with van der Waals surface area (Å²) < 4.78 is 21.1. The minimum absolute atomic E-state index is 0.108. The van der Waals surface area contributed by atoms with Crippen molar-refractivity contribution in [3.8, 4) is 17.0 Å². The Kier molecular flexibility index (Phi) is 5.66. The Morgan fingerprint density at radius 3 is 2.97 bits per heavy atom. The first-order chi connectivity index (χ1) is 15.6. The van der Waals surface area contributed by atoms with Crippen molar-refractivity contribution in [2.24, 2.45) is 5.92 Å². The molecule has 7 nitrogen and oxygen atoms in total. The molecule has 4 heterocycles.